The normalized spacial score (nSPS) is 19.5. The van der Waals surface area contributed by atoms with Gasteiger partial charge in [0.1, 0.15) is 0 Å². The number of aryl methyl sites for hydroxylation is 1. The van der Waals surface area contributed by atoms with Crippen LogP contribution in [0.25, 0.3) is 0 Å². The average molecular weight is 457 g/mol. The molecule has 0 radical (unpaired) electrons. The van der Waals surface area contributed by atoms with Gasteiger partial charge in [0.15, 0.2) is 0 Å². The maximum absolute atomic E-state index is 13.5. The number of benzene rings is 2. The SMILES string of the molecule is C[C@H]1CCN(S(=O)(=O)c2ccc3c(c2)CCC(=O)N3)c2cc(C(F)(F)F)ccc2S1. The molecule has 2 aromatic rings. The molecule has 10 heteroatoms. The molecule has 0 spiro atoms. The number of fused-ring (bicyclic) bond motifs is 2. The smallest absolute Gasteiger partial charge is 0.326 e. The zero-order valence-corrected chi connectivity index (χ0v) is 17.6. The third-order valence-electron chi connectivity index (χ3n) is 5.18. The Morgan fingerprint density at radius 1 is 1.13 bits per heavy atom. The van der Waals surface area contributed by atoms with E-state index in [0.717, 1.165) is 16.4 Å². The van der Waals surface area contributed by atoms with Crippen LogP contribution >= 0.6 is 11.8 Å². The number of hydrogen-bond acceptors (Lipinski definition) is 4. The van der Waals surface area contributed by atoms with Gasteiger partial charge in [-0.05, 0) is 54.8 Å². The number of thioether (sulfide) groups is 1. The third-order valence-corrected chi connectivity index (χ3v) is 8.23. The van der Waals surface area contributed by atoms with Gasteiger partial charge in [-0.15, -0.1) is 11.8 Å². The minimum absolute atomic E-state index is 0.000291. The first-order valence-electron chi connectivity index (χ1n) is 9.39. The minimum atomic E-state index is -4.57. The molecule has 2 aliphatic rings. The zero-order valence-electron chi connectivity index (χ0n) is 16.0. The molecule has 0 saturated heterocycles. The summed E-state index contributed by atoms with van der Waals surface area (Å²) in [7, 11) is -4.09. The predicted molar refractivity (Wildman–Crippen MR) is 109 cm³/mol. The second-order valence-corrected chi connectivity index (χ2v) is 10.7. The minimum Gasteiger partial charge on any atom is -0.326 e. The van der Waals surface area contributed by atoms with Gasteiger partial charge in [-0.3, -0.25) is 9.10 Å². The van der Waals surface area contributed by atoms with Crippen LogP contribution in [0.5, 0.6) is 0 Å². The average Bonchev–Trinajstić information content (AvgIpc) is 2.84. The molecule has 0 saturated carbocycles. The quantitative estimate of drug-likeness (QED) is 0.713. The highest BCUT2D eigenvalue weighted by Crippen LogP contribution is 2.43. The summed E-state index contributed by atoms with van der Waals surface area (Å²) in [4.78, 5) is 12.0. The Kier molecular flexibility index (Phi) is 5.26. The van der Waals surface area contributed by atoms with Crippen molar-refractivity contribution >= 4 is 39.1 Å². The largest absolute Gasteiger partial charge is 0.416 e. The lowest BCUT2D eigenvalue weighted by Gasteiger charge is -2.26. The lowest BCUT2D eigenvalue weighted by atomic mass is 10.0. The second-order valence-electron chi connectivity index (χ2n) is 7.34. The molecule has 2 aromatic carbocycles. The maximum atomic E-state index is 13.5. The first kappa shape index (κ1) is 21.0. The number of carbonyl (C=O) groups is 1. The summed E-state index contributed by atoms with van der Waals surface area (Å²) in [6, 6.07) is 7.65. The zero-order chi connectivity index (χ0) is 21.7. The number of anilines is 2. The van der Waals surface area contributed by atoms with Crippen LogP contribution < -0.4 is 9.62 Å². The molecule has 1 amide bonds. The van der Waals surface area contributed by atoms with E-state index in [-0.39, 0.29) is 34.7 Å². The number of amides is 1. The summed E-state index contributed by atoms with van der Waals surface area (Å²) >= 11 is 1.37. The number of hydrogen-bond donors (Lipinski definition) is 1. The molecular formula is C20H19F3N2O3S2. The monoisotopic (exact) mass is 456 g/mol. The topological polar surface area (TPSA) is 66.5 Å². The van der Waals surface area contributed by atoms with Crippen LogP contribution in [-0.4, -0.2) is 26.1 Å². The number of nitrogens with zero attached hydrogens (tertiary/aromatic N) is 1. The van der Waals surface area contributed by atoms with E-state index in [9.17, 15) is 26.4 Å². The fourth-order valence-electron chi connectivity index (χ4n) is 3.58. The van der Waals surface area contributed by atoms with Gasteiger partial charge in [-0.1, -0.05) is 6.92 Å². The Morgan fingerprint density at radius 3 is 2.63 bits per heavy atom. The summed E-state index contributed by atoms with van der Waals surface area (Å²) in [5, 5.41) is 2.75. The number of nitrogens with one attached hydrogen (secondary N) is 1. The highest BCUT2D eigenvalue weighted by molar-refractivity contribution is 8.00. The summed E-state index contributed by atoms with van der Waals surface area (Å²) in [6.45, 7) is 2.00. The Balaban J connectivity index is 1.80. The Morgan fingerprint density at radius 2 is 1.90 bits per heavy atom. The molecule has 2 heterocycles. The molecule has 0 fully saturated rings. The molecule has 0 unspecified atom stereocenters. The van der Waals surface area contributed by atoms with E-state index in [1.807, 2.05) is 6.92 Å². The van der Waals surface area contributed by atoms with Gasteiger partial charge in [0.2, 0.25) is 5.91 Å². The van der Waals surface area contributed by atoms with Crippen LogP contribution in [0, 0.1) is 0 Å². The number of rotatable bonds is 2. The molecule has 5 nitrogen and oxygen atoms in total. The Labute approximate surface area is 176 Å². The van der Waals surface area contributed by atoms with E-state index in [0.29, 0.717) is 29.0 Å². The first-order chi connectivity index (χ1) is 14.1. The molecular weight excluding hydrogens is 437 g/mol. The van der Waals surface area contributed by atoms with Crippen molar-refractivity contribution in [3.05, 3.63) is 47.5 Å². The summed E-state index contributed by atoms with van der Waals surface area (Å²) in [5.41, 5.74) is 0.414. The van der Waals surface area contributed by atoms with Crippen molar-refractivity contribution in [1.29, 1.82) is 0 Å². The molecule has 0 aromatic heterocycles. The van der Waals surface area contributed by atoms with E-state index >= 15 is 0 Å². The molecule has 4 rings (SSSR count). The van der Waals surface area contributed by atoms with Crippen molar-refractivity contribution in [1.82, 2.24) is 0 Å². The predicted octanol–water partition coefficient (Wildman–Crippen LogP) is 4.67. The van der Waals surface area contributed by atoms with Gasteiger partial charge in [-0.2, -0.15) is 13.2 Å². The lowest BCUT2D eigenvalue weighted by Crippen LogP contribution is -2.33. The van der Waals surface area contributed by atoms with Gasteiger partial charge in [0.25, 0.3) is 10.0 Å². The van der Waals surface area contributed by atoms with Crippen LogP contribution in [0.15, 0.2) is 46.2 Å². The number of halogens is 3. The summed E-state index contributed by atoms with van der Waals surface area (Å²) < 4.78 is 67.9. The van der Waals surface area contributed by atoms with Gasteiger partial charge in [0, 0.05) is 28.8 Å². The summed E-state index contributed by atoms with van der Waals surface area (Å²) in [6.07, 6.45) is -3.41. The van der Waals surface area contributed by atoms with Crippen molar-refractivity contribution in [3.8, 4) is 0 Å². The van der Waals surface area contributed by atoms with Crippen molar-refractivity contribution in [2.24, 2.45) is 0 Å². The lowest BCUT2D eigenvalue weighted by molar-refractivity contribution is -0.137. The molecule has 160 valence electrons. The van der Waals surface area contributed by atoms with E-state index in [1.165, 1.54) is 36.0 Å². The van der Waals surface area contributed by atoms with Crippen LogP contribution in [0.1, 0.15) is 30.9 Å². The molecule has 30 heavy (non-hydrogen) atoms. The van der Waals surface area contributed by atoms with Crippen LogP contribution in [-0.2, 0) is 27.4 Å². The number of alkyl halides is 3. The fourth-order valence-corrected chi connectivity index (χ4v) is 6.27. The maximum Gasteiger partial charge on any atom is 0.416 e. The van der Waals surface area contributed by atoms with Crippen molar-refractivity contribution < 1.29 is 26.4 Å². The highest BCUT2D eigenvalue weighted by Gasteiger charge is 2.35. The second kappa shape index (κ2) is 7.49. The van der Waals surface area contributed by atoms with Crippen LogP contribution in [0.4, 0.5) is 24.5 Å². The number of carbonyl (C=O) groups excluding carboxylic acids is 1. The molecule has 1 N–H and O–H groups in total. The van der Waals surface area contributed by atoms with Gasteiger partial charge >= 0.3 is 6.18 Å². The van der Waals surface area contributed by atoms with E-state index < -0.39 is 21.8 Å². The van der Waals surface area contributed by atoms with Gasteiger partial charge < -0.3 is 5.32 Å². The molecule has 0 aliphatic carbocycles. The van der Waals surface area contributed by atoms with Crippen LogP contribution in [0.2, 0.25) is 0 Å². The first-order valence-corrected chi connectivity index (χ1v) is 11.7. The Hall–Kier alpha value is -2.20. The molecule has 0 bridgehead atoms. The highest BCUT2D eigenvalue weighted by atomic mass is 32.2. The fraction of sp³-hybridized carbons (Fsp3) is 0.350. The molecule has 1 atom stereocenters. The van der Waals surface area contributed by atoms with Gasteiger partial charge in [0.05, 0.1) is 16.1 Å². The summed E-state index contributed by atoms with van der Waals surface area (Å²) in [5.74, 6) is -0.134. The van der Waals surface area contributed by atoms with E-state index in [2.05, 4.69) is 5.32 Å². The van der Waals surface area contributed by atoms with Crippen molar-refractivity contribution in [2.45, 2.75) is 47.4 Å². The molecule has 2 aliphatic heterocycles. The third kappa shape index (κ3) is 3.90. The van der Waals surface area contributed by atoms with E-state index in [1.54, 1.807) is 0 Å². The van der Waals surface area contributed by atoms with Crippen molar-refractivity contribution in [2.75, 3.05) is 16.2 Å². The van der Waals surface area contributed by atoms with Gasteiger partial charge in [-0.25, -0.2) is 8.42 Å². The van der Waals surface area contributed by atoms with E-state index in [4.69, 9.17) is 0 Å². The Bertz CT molecular complexity index is 1120. The standard InChI is InChI=1S/C20H19F3N2O3S2/c1-12-8-9-25(17-11-14(20(21,22)23)3-6-18(17)29-12)30(27,28)15-4-5-16-13(10-15)2-7-19(26)24-16/h3-6,10-12H,2,7-9H2,1H3,(H,24,26)/t12-/m0/s1. The number of sulfonamides is 1. The van der Waals surface area contributed by atoms with Crippen LogP contribution in [0.3, 0.4) is 0 Å². The van der Waals surface area contributed by atoms with Crippen molar-refractivity contribution in [3.63, 3.8) is 0 Å².